The van der Waals surface area contributed by atoms with Crippen molar-refractivity contribution >= 4 is 6.09 Å². The van der Waals surface area contributed by atoms with Gasteiger partial charge in [0.25, 0.3) is 0 Å². The van der Waals surface area contributed by atoms with Crippen molar-refractivity contribution in [2.75, 3.05) is 39.9 Å². The van der Waals surface area contributed by atoms with Crippen LogP contribution in [0.25, 0.3) is 0 Å². The first-order valence-electron chi connectivity index (χ1n) is 8.32. The zero-order chi connectivity index (χ0) is 18.8. The predicted molar refractivity (Wildman–Crippen MR) is 99.6 cm³/mol. The summed E-state index contributed by atoms with van der Waals surface area (Å²) in [6.45, 7) is 12.3. The van der Waals surface area contributed by atoms with Gasteiger partial charge < -0.3 is 25.4 Å². The molecule has 0 radical (unpaired) electrons. The van der Waals surface area contributed by atoms with Gasteiger partial charge >= 0.3 is 6.09 Å². The Kier molecular flexibility index (Phi) is 16.5. The van der Waals surface area contributed by atoms with E-state index in [-0.39, 0.29) is 6.09 Å². The zero-order valence-corrected chi connectivity index (χ0v) is 15.8. The number of hydrogen-bond donors (Lipinski definition) is 2. The van der Waals surface area contributed by atoms with Gasteiger partial charge in [-0.1, -0.05) is 6.58 Å². The molecule has 0 bridgehead atoms. The summed E-state index contributed by atoms with van der Waals surface area (Å²) in [4.78, 5) is 13.9. The van der Waals surface area contributed by atoms with Crippen LogP contribution in [0.15, 0.2) is 12.8 Å². The summed E-state index contributed by atoms with van der Waals surface area (Å²) in [5.41, 5.74) is 4.01. The molecule has 3 N–H and O–H groups in total. The van der Waals surface area contributed by atoms with Gasteiger partial charge in [0.15, 0.2) is 0 Å². The number of nitrogens with two attached hydrogens (primary N) is 1. The molecule has 0 atom stereocenters. The van der Waals surface area contributed by atoms with Crippen molar-refractivity contribution in [3.63, 3.8) is 0 Å². The molecule has 0 aromatic rings. The van der Waals surface area contributed by atoms with E-state index in [0.29, 0.717) is 32.7 Å². The number of nitrogens with one attached hydrogen (secondary N) is 1. The van der Waals surface area contributed by atoms with Gasteiger partial charge in [0.1, 0.15) is 5.60 Å². The Morgan fingerprint density at radius 2 is 1.92 bits per heavy atom. The third-order valence-corrected chi connectivity index (χ3v) is 2.65. The molecule has 140 valence electrons. The number of carbonyl (C=O) groups excluding carboxylic acids is 1. The van der Waals surface area contributed by atoms with Crippen molar-refractivity contribution in [1.82, 2.24) is 10.2 Å². The van der Waals surface area contributed by atoms with Crippen LogP contribution < -0.4 is 11.1 Å². The largest absolute Gasteiger partial charge is 0.444 e. The molecule has 0 aromatic carbocycles. The second-order valence-electron chi connectivity index (χ2n) is 5.90. The van der Waals surface area contributed by atoms with Gasteiger partial charge in [0.2, 0.25) is 0 Å². The Hall–Kier alpha value is -1.71. The van der Waals surface area contributed by atoms with Gasteiger partial charge in [0, 0.05) is 32.7 Å². The highest BCUT2D eigenvalue weighted by atomic mass is 16.6. The Balaban J connectivity index is 0. The van der Waals surface area contributed by atoms with Crippen molar-refractivity contribution in [2.45, 2.75) is 45.6 Å². The normalized spacial score (nSPS) is 10.0. The molecule has 0 spiro atoms. The summed E-state index contributed by atoms with van der Waals surface area (Å²) < 4.78 is 10.9. The van der Waals surface area contributed by atoms with E-state index in [4.69, 9.17) is 15.9 Å². The van der Waals surface area contributed by atoms with Crippen molar-refractivity contribution in [3.05, 3.63) is 12.8 Å². The molecule has 0 unspecified atom stereocenters. The quantitative estimate of drug-likeness (QED) is 0.446. The second kappa shape index (κ2) is 16.2. The molecule has 0 aromatic heterocycles. The first-order valence-corrected chi connectivity index (χ1v) is 8.32. The van der Waals surface area contributed by atoms with Crippen LogP contribution in [0.2, 0.25) is 0 Å². The summed E-state index contributed by atoms with van der Waals surface area (Å²) in [5, 5.41) is 2.96. The maximum atomic E-state index is 12.1. The highest BCUT2D eigenvalue weighted by Crippen LogP contribution is 2.11. The van der Waals surface area contributed by atoms with Crippen LogP contribution in [0.4, 0.5) is 4.79 Å². The van der Waals surface area contributed by atoms with Crippen LogP contribution in [0.1, 0.15) is 40.0 Å². The summed E-state index contributed by atoms with van der Waals surface area (Å²) in [6, 6.07) is 0. The maximum Gasteiger partial charge on any atom is 0.410 e. The standard InChI is InChI=1S/C17H30N2O3.CH5N/c1-6-8-9-12-19(16(20)22-17(3,4)5)13-10-14-21-15-11-18-7-2;1-2/h1,7,18H,2,8-15H2,3-5H3;2H2,1H3. The van der Waals surface area contributed by atoms with E-state index in [1.54, 1.807) is 11.1 Å². The number of ether oxygens (including phenoxy) is 2. The second-order valence-corrected chi connectivity index (χ2v) is 5.90. The van der Waals surface area contributed by atoms with Crippen molar-refractivity contribution in [1.29, 1.82) is 0 Å². The average molecular weight is 341 g/mol. The number of nitrogens with zero attached hydrogens (tertiary/aromatic N) is 1. The molecule has 0 aliphatic carbocycles. The fourth-order valence-electron chi connectivity index (χ4n) is 1.69. The highest BCUT2D eigenvalue weighted by molar-refractivity contribution is 5.68. The van der Waals surface area contributed by atoms with Crippen molar-refractivity contribution in [3.8, 4) is 12.3 Å². The Morgan fingerprint density at radius 3 is 2.46 bits per heavy atom. The van der Waals surface area contributed by atoms with Crippen LogP contribution in [0.3, 0.4) is 0 Å². The van der Waals surface area contributed by atoms with Crippen molar-refractivity contribution in [2.24, 2.45) is 5.73 Å². The molecule has 0 rings (SSSR count). The van der Waals surface area contributed by atoms with Gasteiger partial charge in [-0.3, -0.25) is 0 Å². The Morgan fingerprint density at radius 1 is 1.29 bits per heavy atom. The maximum absolute atomic E-state index is 12.1. The van der Waals surface area contributed by atoms with Crippen molar-refractivity contribution < 1.29 is 14.3 Å². The van der Waals surface area contributed by atoms with E-state index < -0.39 is 5.60 Å². The van der Waals surface area contributed by atoms with Crippen LogP contribution in [-0.2, 0) is 9.47 Å². The van der Waals surface area contributed by atoms with Gasteiger partial charge in [-0.15, -0.1) is 12.3 Å². The summed E-state index contributed by atoms with van der Waals surface area (Å²) in [7, 11) is 1.50. The zero-order valence-electron chi connectivity index (χ0n) is 15.8. The smallest absolute Gasteiger partial charge is 0.410 e. The molecule has 0 aliphatic heterocycles. The summed E-state index contributed by atoms with van der Waals surface area (Å²) >= 11 is 0. The molecule has 0 saturated heterocycles. The third kappa shape index (κ3) is 16.7. The number of carbonyl (C=O) groups is 1. The number of hydrogen-bond acceptors (Lipinski definition) is 5. The highest BCUT2D eigenvalue weighted by Gasteiger charge is 2.21. The first kappa shape index (κ1) is 24.5. The molecule has 0 aliphatic rings. The first-order chi connectivity index (χ1) is 11.4. The van der Waals surface area contributed by atoms with Crippen LogP contribution >= 0.6 is 0 Å². The fraction of sp³-hybridized carbons (Fsp3) is 0.722. The predicted octanol–water partition coefficient (Wildman–Crippen LogP) is 2.35. The van der Waals surface area contributed by atoms with Crippen LogP contribution in [0, 0.1) is 12.3 Å². The van der Waals surface area contributed by atoms with Crippen LogP contribution in [0.5, 0.6) is 0 Å². The minimum Gasteiger partial charge on any atom is -0.444 e. The lowest BCUT2D eigenvalue weighted by atomic mass is 10.2. The molecule has 1 amide bonds. The fourth-order valence-corrected chi connectivity index (χ4v) is 1.69. The molecule has 0 heterocycles. The minimum absolute atomic E-state index is 0.294. The molecule has 0 saturated carbocycles. The van der Waals surface area contributed by atoms with Gasteiger partial charge in [0.05, 0.1) is 6.61 Å². The van der Waals surface area contributed by atoms with E-state index in [9.17, 15) is 4.79 Å². The summed E-state index contributed by atoms with van der Waals surface area (Å²) in [6.07, 6.45) is 8.80. The molecule has 6 nitrogen and oxygen atoms in total. The molecular weight excluding hydrogens is 306 g/mol. The lowest BCUT2D eigenvalue weighted by Gasteiger charge is -2.27. The minimum atomic E-state index is -0.492. The Labute approximate surface area is 147 Å². The van der Waals surface area contributed by atoms with E-state index in [2.05, 4.69) is 23.5 Å². The third-order valence-electron chi connectivity index (χ3n) is 2.65. The van der Waals surface area contributed by atoms with Gasteiger partial charge in [-0.05, 0) is 46.9 Å². The van der Waals surface area contributed by atoms with Gasteiger partial charge in [-0.25, -0.2) is 4.79 Å². The summed E-state index contributed by atoms with van der Waals surface area (Å²) in [5.74, 6) is 2.59. The lowest BCUT2D eigenvalue weighted by molar-refractivity contribution is 0.0227. The van der Waals surface area contributed by atoms with E-state index in [1.165, 1.54) is 7.05 Å². The lowest BCUT2D eigenvalue weighted by Crippen LogP contribution is -2.38. The number of terminal acetylenes is 1. The number of amides is 1. The van der Waals surface area contributed by atoms with E-state index in [1.807, 2.05) is 20.8 Å². The van der Waals surface area contributed by atoms with E-state index >= 15 is 0 Å². The van der Waals surface area contributed by atoms with Gasteiger partial charge in [-0.2, -0.15) is 0 Å². The number of rotatable bonds is 11. The van der Waals surface area contributed by atoms with E-state index in [0.717, 1.165) is 19.4 Å². The number of unbranched alkanes of at least 4 members (excludes halogenated alkanes) is 1. The molecule has 24 heavy (non-hydrogen) atoms. The molecule has 6 heteroatoms. The molecular formula is C18H35N3O3. The Bertz CT molecular complexity index is 360. The molecule has 0 fully saturated rings. The monoisotopic (exact) mass is 341 g/mol. The average Bonchev–Trinajstić information content (AvgIpc) is 2.52. The topological polar surface area (TPSA) is 76.8 Å². The van der Waals surface area contributed by atoms with Crippen LogP contribution in [-0.4, -0.2) is 56.5 Å². The SMILES string of the molecule is C#CCCCN(CCCOCCNC=C)C(=O)OC(C)(C)C.CN.